The summed E-state index contributed by atoms with van der Waals surface area (Å²) >= 11 is 0. The van der Waals surface area contributed by atoms with E-state index in [0.29, 0.717) is 17.4 Å². The number of ether oxygens (including phenoxy) is 1. The summed E-state index contributed by atoms with van der Waals surface area (Å²) in [7, 11) is 3.21. The maximum atomic E-state index is 12.6. The minimum absolute atomic E-state index is 0.0196. The topological polar surface area (TPSA) is 76.5 Å². The van der Waals surface area contributed by atoms with E-state index in [2.05, 4.69) is 24.3 Å². The quantitative estimate of drug-likeness (QED) is 0.757. The molecule has 0 aliphatic carbocycles. The van der Waals surface area contributed by atoms with Gasteiger partial charge < -0.3 is 15.0 Å². The van der Waals surface area contributed by atoms with Gasteiger partial charge >= 0.3 is 0 Å². The predicted octanol–water partition coefficient (Wildman–Crippen LogP) is 2.80. The van der Waals surface area contributed by atoms with Crippen molar-refractivity contribution in [2.75, 3.05) is 26.0 Å². The second-order valence-electron chi connectivity index (χ2n) is 7.43. The number of hydrogen-bond acceptors (Lipinski definition) is 4. The maximum Gasteiger partial charge on any atom is 0.243 e. The highest BCUT2D eigenvalue weighted by atomic mass is 16.5. The Hall–Kier alpha value is -2.83. The number of nitrogens with zero attached hydrogens (tertiary/aromatic N) is 3. The van der Waals surface area contributed by atoms with Gasteiger partial charge in [0.05, 0.1) is 25.8 Å². The number of carbonyl (C=O) groups excluding carboxylic acids is 2. The van der Waals surface area contributed by atoms with Gasteiger partial charge in [0.25, 0.3) is 0 Å². The minimum atomic E-state index is -0.256. The van der Waals surface area contributed by atoms with Gasteiger partial charge in [0.15, 0.2) is 0 Å². The molecule has 0 aliphatic heterocycles. The fourth-order valence-electron chi connectivity index (χ4n) is 3.00. The van der Waals surface area contributed by atoms with Crippen LogP contribution in [0.2, 0.25) is 0 Å². The predicted molar refractivity (Wildman–Crippen MR) is 110 cm³/mol. The van der Waals surface area contributed by atoms with Crippen LogP contribution in [0.25, 0.3) is 0 Å². The SMILES string of the molecule is COc1cccc(NC(=O)CN(C)C(=O)Cc2c(C)nn(CC(C)C)c2C)c1. The monoisotopic (exact) mass is 386 g/mol. The standard InChI is InChI=1S/C21H30N4O3/c1-14(2)12-25-16(4)19(15(3)23-25)11-21(27)24(5)13-20(26)22-17-8-7-9-18(10-17)28-6/h7-10,14H,11-13H2,1-6H3,(H,22,26). The van der Waals surface area contributed by atoms with Crippen molar-refractivity contribution in [3.05, 3.63) is 41.2 Å². The van der Waals surface area contributed by atoms with Crippen molar-refractivity contribution in [3.8, 4) is 5.75 Å². The molecule has 0 saturated heterocycles. The summed E-state index contributed by atoms with van der Waals surface area (Å²) in [6.07, 6.45) is 0.235. The molecule has 0 fully saturated rings. The van der Waals surface area contributed by atoms with Crippen molar-refractivity contribution in [2.45, 2.75) is 40.7 Å². The van der Waals surface area contributed by atoms with Crippen LogP contribution in [0.4, 0.5) is 5.69 Å². The van der Waals surface area contributed by atoms with E-state index in [-0.39, 0.29) is 24.8 Å². The molecule has 28 heavy (non-hydrogen) atoms. The van der Waals surface area contributed by atoms with Crippen LogP contribution < -0.4 is 10.1 Å². The first-order valence-corrected chi connectivity index (χ1v) is 9.42. The van der Waals surface area contributed by atoms with Crippen molar-refractivity contribution in [1.82, 2.24) is 14.7 Å². The van der Waals surface area contributed by atoms with Crippen LogP contribution >= 0.6 is 0 Å². The lowest BCUT2D eigenvalue weighted by molar-refractivity contribution is -0.132. The molecule has 2 aromatic rings. The van der Waals surface area contributed by atoms with Gasteiger partial charge in [0.1, 0.15) is 5.75 Å². The zero-order valence-corrected chi connectivity index (χ0v) is 17.6. The Kier molecular flexibility index (Phi) is 7.20. The lowest BCUT2D eigenvalue weighted by Gasteiger charge is -2.17. The Bertz CT molecular complexity index is 842. The Balaban J connectivity index is 1.97. The molecule has 7 heteroatoms. The number of likely N-dealkylation sites (N-methyl/N-ethyl adjacent to an activating group) is 1. The fourth-order valence-corrected chi connectivity index (χ4v) is 3.00. The van der Waals surface area contributed by atoms with Crippen LogP contribution in [0, 0.1) is 19.8 Å². The van der Waals surface area contributed by atoms with Crippen molar-refractivity contribution in [2.24, 2.45) is 5.92 Å². The lowest BCUT2D eigenvalue weighted by atomic mass is 10.1. The number of hydrogen-bond donors (Lipinski definition) is 1. The molecule has 0 spiro atoms. The fraction of sp³-hybridized carbons (Fsp3) is 0.476. The number of methoxy groups -OCH3 is 1. The van der Waals surface area contributed by atoms with Crippen LogP contribution in [0.15, 0.2) is 24.3 Å². The van der Waals surface area contributed by atoms with Crippen molar-refractivity contribution < 1.29 is 14.3 Å². The van der Waals surface area contributed by atoms with Gasteiger partial charge in [-0.1, -0.05) is 19.9 Å². The van der Waals surface area contributed by atoms with E-state index in [0.717, 1.165) is 23.5 Å². The Morgan fingerprint density at radius 2 is 2.00 bits per heavy atom. The molecule has 1 heterocycles. The highest BCUT2D eigenvalue weighted by molar-refractivity contribution is 5.94. The summed E-state index contributed by atoms with van der Waals surface area (Å²) in [4.78, 5) is 26.3. The summed E-state index contributed by atoms with van der Waals surface area (Å²) in [6.45, 7) is 8.97. The van der Waals surface area contributed by atoms with Gasteiger partial charge in [-0.25, -0.2) is 0 Å². The highest BCUT2D eigenvalue weighted by Crippen LogP contribution is 2.17. The molecule has 0 aliphatic rings. The summed E-state index contributed by atoms with van der Waals surface area (Å²) in [5.41, 5.74) is 3.44. The largest absolute Gasteiger partial charge is 0.497 e. The molecule has 0 atom stereocenters. The molecule has 0 bridgehead atoms. The van der Waals surface area contributed by atoms with Gasteiger partial charge in [-0.05, 0) is 31.9 Å². The van der Waals surface area contributed by atoms with Gasteiger partial charge in [0, 0.05) is 36.6 Å². The highest BCUT2D eigenvalue weighted by Gasteiger charge is 2.19. The first-order chi connectivity index (χ1) is 13.2. The number of benzene rings is 1. The number of rotatable bonds is 8. The normalized spacial score (nSPS) is 10.8. The summed E-state index contributed by atoms with van der Waals surface area (Å²) in [6, 6.07) is 7.10. The van der Waals surface area contributed by atoms with Crippen LogP contribution in [0.5, 0.6) is 5.75 Å². The second kappa shape index (κ2) is 9.39. The molecular weight excluding hydrogens is 356 g/mol. The van der Waals surface area contributed by atoms with Crippen LogP contribution in [0.1, 0.15) is 30.8 Å². The Morgan fingerprint density at radius 1 is 1.29 bits per heavy atom. The molecule has 2 rings (SSSR count). The lowest BCUT2D eigenvalue weighted by Crippen LogP contribution is -2.36. The molecule has 0 saturated carbocycles. The van der Waals surface area contributed by atoms with Crippen LogP contribution in [-0.4, -0.2) is 47.2 Å². The van der Waals surface area contributed by atoms with E-state index in [1.807, 2.05) is 18.5 Å². The van der Waals surface area contributed by atoms with Crippen LogP contribution in [-0.2, 0) is 22.6 Å². The zero-order valence-electron chi connectivity index (χ0n) is 17.6. The first-order valence-electron chi connectivity index (χ1n) is 9.42. The molecule has 0 unspecified atom stereocenters. The second-order valence-corrected chi connectivity index (χ2v) is 7.43. The third-order valence-corrected chi connectivity index (χ3v) is 4.56. The van der Waals surface area contributed by atoms with E-state index in [1.54, 1.807) is 38.4 Å². The molecule has 1 N–H and O–H groups in total. The number of nitrogens with one attached hydrogen (secondary N) is 1. The van der Waals surface area contributed by atoms with E-state index >= 15 is 0 Å². The zero-order chi connectivity index (χ0) is 20.8. The number of aromatic nitrogens is 2. The first kappa shape index (κ1) is 21.5. The molecule has 1 aromatic heterocycles. The summed E-state index contributed by atoms with van der Waals surface area (Å²) in [5, 5.41) is 7.34. The molecule has 1 aromatic carbocycles. The number of anilines is 1. The number of aryl methyl sites for hydroxylation is 1. The minimum Gasteiger partial charge on any atom is -0.497 e. The van der Waals surface area contributed by atoms with Crippen molar-refractivity contribution in [1.29, 1.82) is 0 Å². The van der Waals surface area contributed by atoms with Gasteiger partial charge in [-0.15, -0.1) is 0 Å². The molecular formula is C21H30N4O3. The molecule has 2 amide bonds. The van der Waals surface area contributed by atoms with E-state index in [9.17, 15) is 9.59 Å². The van der Waals surface area contributed by atoms with E-state index in [1.165, 1.54) is 4.90 Å². The maximum absolute atomic E-state index is 12.6. The third kappa shape index (κ3) is 5.58. The summed E-state index contributed by atoms with van der Waals surface area (Å²) < 4.78 is 7.10. The van der Waals surface area contributed by atoms with Gasteiger partial charge in [-0.2, -0.15) is 5.10 Å². The molecule has 7 nitrogen and oxygen atoms in total. The van der Waals surface area contributed by atoms with Crippen molar-refractivity contribution in [3.63, 3.8) is 0 Å². The van der Waals surface area contributed by atoms with E-state index in [4.69, 9.17) is 4.74 Å². The molecule has 152 valence electrons. The molecule has 0 radical (unpaired) electrons. The van der Waals surface area contributed by atoms with Crippen molar-refractivity contribution >= 4 is 17.5 Å². The third-order valence-electron chi connectivity index (χ3n) is 4.56. The number of carbonyl (C=O) groups is 2. The van der Waals surface area contributed by atoms with E-state index < -0.39 is 0 Å². The van der Waals surface area contributed by atoms with Gasteiger partial charge in [0.2, 0.25) is 11.8 Å². The average Bonchev–Trinajstić information content (AvgIpc) is 2.88. The van der Waals surface area contributed by atoms with Gasteiger partial charge in [-0.3, -0.25) is 14.3 Å². The Labute approximate surface area is 166 Å². The smallest absolute Gasteiger partial charge is 0.243 e. The average molecular weight is 386 g/mol. The Morgan fingerprint density at radius 3 is 2.64 bits per heavy atom. The number of amides is 2. The van der Waals surface area contributed by atoms with Crippen LogP contribution in [0.3, 0.4) is 0 Å². The summed E-state index contributed by atoms with van der Waals surface area (Å²) in [5.74, 6) is 0.764.